The number of carbonyl (C=O) groups excluding carboxylic acids is 2. The Morgan fingerprint density at radius 1 is 1.25 bits per heavy atom. The maximum absolute atomic E-state index is 12.3. The summed E-state index contributed by atoms with van der Waals surface area (Å²) in [5.74, 6) is -0.782. The molecule has 0 radical (unpaired) electrons. The first-order chi connectivity index (χ1) is 13.4. The van der Waals surface area contributed by atoms with Crippen LogP contribution >= 0.6 is 22.9 Å². The van der Waals surface area contributed by atoms with E-state index in [0.29, 0.717) is 23.6 Å². The molecule has 1 amide bonds. The quantitative estimate of drug-likeness (QED) is 0.579. The summed E-state index contributed by atoms with van der Waals surface area (Å²) in [5.41, 5.74) is 9.69. The molecule has 2 heterocycles. The molecule has 0 aliphatic carbocycles. The number of halogens is 1. The topological polar surface area (TPSA) is 74.3 Å². The Labute approximate surface area is 172 Å². The lowest BCUT2D eigenvalue weighted by Crippen LogP contribution is -2.13. The van der Waals surface area contributed by atoms with Crippen molar-refractivity contribution in [2.75, 3.05) is 7.11 Å². The van der Waals surface area contributed by atoms with Gasteiger partial charge in [0.1, 0.15) is 0 Å². The minimum absolute atomic E-state index is 0.214. The Kier molecular flexibility index (Phi) is 6.21. The Hall–Kier alpha value is -2.57. The van der Waals surface area contributed by atoms with Gasteiger partial charge in [-0.1, -0.05) is 29.8 Å². The number of thiophene rings is 1. The third-order valence-electron chi connectivity index (χ3n) is 4.67. The molecule has 2 aromatic heterocycles. The molecule has 0 unspecified atom stereocenters. The summed E-state index contributed by atoms with van der Waals surface area (Å²) in [6.45, 7) is 2.40. The van der Waals surface area contributed by atoms with Crippen molar-refractivity contribution in [2.24, 2.45) is 5.73 Å². The molecule has 0 fully saturated rings. The zero-order chi connectivity index (χ0) is 20.3. The van der Waals surface area contributed by atoms with Crippen LogP contribution in [-0.4, -0.2) is 23.6 Å². The number of carbonyl (C=O) groups is 2. The van der Waals surface area contributed by atoms with Crippen LogP contribution in [0.5, 0.6) is 0 Å². The van der Waals surface area contributed by atoms with Gasteiger partial charge in [0.2, 0.25) is 0 Å². The highest BCUT2D eigenvalue weighted by Gasteiger charge is 2.25. The van der Waals surface area contributed by atoms with Gasteiger partial charge < -0.3 is 15.0 Å². The third kappa shape index (κ3) is 4.13. The number of nitrogens with zero attached hydrogens (tertiary/aromatic N) is 1. The molecule has 0 spiro atoms. The number of nitrogens with two attached hydrogens (primary N) is 1. The number of benzene rings is 1. The van der Waals surface area contributed by atoms with Crippen LogP contribution in [-0.2, 0) is 22.5 Å². The Morgan fingerprint density at radius 2 is 2.04 bits per heavy atom. The highest BCUT2D eigenvalue weighted by molar-refractivity contribution is 7.13. The molecule has 2 N–H and O–H groups in total. The van der Waals surface area contributed by atoms with Crippen molar-refractivity contribution < 1.29 is 14.3 Å². The van der Waals surface area contributed by atoms with E-state index in [1.54, 1.807) is 0 Å². The standard InChI is InChI=1S/C21H21ClN2O3S/c1-13-19(21(23)26)20(17-7-4-10-28-17)16(8-9-18(25)27-2)24(13)12-14-5-3-6-15(22)11-14/h3-7,10-11H,8-9,12H2,1-2H3,(H2,23,26). The van der Waals surface area contributed by atoms with Crippen molar-refractivity contribution in [1.82, 2.24) is 4.57 Å². The first-order valence-electron chi connectivity index (χ1n) is 8.79. The van der Waals surface area contributed by atoms with Crippen molar-refractivity contribution in [1.29, 1.82) is 0 Å². The smallest absolute Gasteiger partial charge is 0.305 e. The zero-order valence-corrected chi connectivity index (χ0v) is 17.3. The van der Waals surface area contributed by atoms with E-state index in [-0.39, 0.29) is 12.4 Å². The molecule has 0 aliphatic rings. The average Bonchev–Trinajstić information content (AvgIpc) is 3.27. The van der Waals surface area contributed by atoms with Crippen LogP contribution in [0.1, 0.15) is 33.7 Å². The van der Waals surface area contributed by atoms with Gasteiger partial charge in [-0.3, -0.25) is 9.59 Å². The first kappa shape index (κ1) is 20.2. The van der Waals surface area contributed by atoms with Crippen molar-refractivity contribution in [2.45, 2.75) is 26.3 Å². The van der Waals surface area contributed by atoms with Crippen LogP contribution in [0.3, 0.4) is 0 Å². The van der Waals surface area contributed by atoms with E-state index in [9.17, 15) is 9.59 Å². The molecule has 7 heteroatoms. The SMILES string of the molecule is COC(=O)CCc1c(-c2cccs2)c(C(N)=O)c(C)n1Cc1cccc(Cl)c1. The number of ether oxygens (including phenoxy) is 1. The molecule has 0 atom stereocenters. The van der Waals surface area contributed by atoms with Crippen LogP contribution in [0.15, 0.2) is 41.8 Å². The Balaban J connectivity index is 2.17. The van der Waals surface area contributed by atoms with Gasteiger partial charge in [0, 0.05) is 33.4 Å². The van der Waals surface area contributed by atoms with Gasteiger partial charge >= 0.3 is 5.97 Å². The molecule has 3 aromatic rings. The first-order valence-corrected chi connectivity index (χ1v) is 10.0. The fourth-order valence-electron chi connectivity index (χ4n) is 3.40. The van der Waals surface area contributed by atoms with Crippen LogP contribution in [0, 0.1) is 6.92 Å². The highest BCUT2D eigenvalue weighted by Crippen LogP contribution is 2.36. The van der Waals surface area contributed by atoms with Crippen LogP contribution in [0.2, 0.25) is 5.02 Å². The van der Waals surface area contributed by atoms with Gasteiger partial charge in [-0.25, -0.2) is 0 Å². The largest absolute Gasteiger partial charge is 0.469 e. The molecular formula is C21H21ClN2O3S. The van der Waals surface area contributed by atoms with E-state index in [1.807, 2.05) is 53.3 Å². The van der Waals surface area contributed by atoms with E-state index in [1.165, 1.54) is 18.4 Å². The van der Waals surface area contributed by atoms with E-state index >= 15 is 0 Å². The summed E-state index contributed by atoms with van der Waals surface area (Å²) in [7, 11) is 1.37. The monoisotopic (exact) mass is 416 g/mol. The minimum atomic E-state index is -0.481. The van der Waals surface area contributed by atoms with Crippen molar-refractivity contribution in [3.63, 3.8) is 0 Å². The predicted octanol–water partition coefficient (Wildman–Crippen LogP) is 4.43. The van der Waals surface area contributed by atoms with Gasteiger partial charge in [0.05, 0.1) is 19.1 Å². The van der Waals surface area contributed by atoms with Crippen LogP contribution < -0.4 is 5.73 Å². The van der Waals surface area contributed by atoms with Gasteiger partial charge in [0.25, 0.3) is 5.91 Å². The maximum Gasteiger partial charge on any atom is 0.305 e. The van der Waals surface area contributed by atoms with Crippen molar-refractivity contribution in [3.8, 4) is 10.4 Å². The Bertz CT molecular complexity index is 1010. The van der Waals surface area contributed by atoms with Gasteiger partial charge in [-0.2, -0.15) is 0 Å². The molecule has 0 bridgehead atoms. The second kappa shape index (κ2) is 8.63. The number of rotatable bonds is 7. The number of hydrogen-bond acceptors (Lipinski definition) is 4. The summed E-state index contributed by atoms with van der Waals surface area (Å²) >= 11 is 7.67. The lowest BCUT2D eigenvalue weighted by atomic mass is 10.0. The molecule has 146 valence electrons. The predicted molar refractivity (Wildman–Crippen MR) is 112 cm³/mol. The molecule has 5 nitrogen and oxygen atoms in total. The van der Waals surface area contributed by atoms with E-state index in [2.05, 4.69) is 0 Å². The van der Waals surface area contributed by atoms with Crippen molar-refractivity contribution in [3.05, 3.63) is 69.3 Å². The lowest BCUT2D eigenvalue weighted by Gasteiger charge is -2.13. The number of methoxy groups -OCH3 is 1. The van der Waals surface area contributed by atoms with Gasteiger partial charge in [-0.05, 0) is 42.5 Å². The minimum Gasteiger partial charge on any atom is -0.469 e. The average molecular weight is 417 g/mol. The molecule has 1 aromatic carbocycles. The normalized spacial score (nSPS) is 10.8. The molecule has 0 saturated heterocycles. The highest BCUT2D eigenvalue weighted by atomic mass is 35.5. The fourth-order valence-corrected chi connectivity index (χ4v) is 4.41. The van der Waals surface area contributed by atoms with E-state index in [4.69, 9.17) is 22.1 Å². The molecule has 3 rings (SSSR count). The second-order valence-electron chi connectivity index (χ2n) is 6.42. The third-order valence-corrected chi connectivity index (χ3v) is 5.79. The second-order valence-corrected chi connectivity index (χ2v) is 7.80. The maximum atomic E-state index is 12.3. The lowest BCUT2D eigenvalue weighted by molar-refractivity contribution is -0.140. The molecular weight excluding hydrogens is 396 g/mol. The summed E-state index contributed by atoms with van der Waals surface area (Å²) in [4.78, 5) is 25.0. The number of hydrogen-bond donors (Lipinski definition) is 1. The van der Waals surface area contributed by atoms with Crippen LogP contribution in [0.25, 0.3) is 10.4 Å². The molecule has 28 heavy (non-hydrogen) atoms. The number of aromatic nitrogens is 1. The summed E-state index contributed by atoms with van der Waals surface area (Å²) < 4.78 is 6.85. The van der Waals surface area contributed by atoms with E-state index in [0.717, 1.165) is 27.4 Å². The fraction of sp³-hybridized carbons (Fsp3) is 0.238. The van der Waals surface area contributed by atoms with Crippen molar-refractivity contribution >= 4 is 34.8 Å². The number of primary amides is 1. The van der Waals surface area contributed by atoms with E-state index < -0.39 is 5.91 Å². The Morgan fingerprint density at radius 3 is 2.64 bits per heavy atom. The van der Waals surface area contributed by atoms with Gasteiger partial charge in [-0.15, -0.1) is 11.3 Å². The molecule has 0 saturated carbocycles. The number of amides is 1. The number of esters is 1. The van der Waals surface area contributed by atoms with Gasteiger partial charge in [0.15, 0.2) is 0 Å². The summed E-state index contributed by atoms with van der Waals surface area (Å²) in [6, 6.07) is 11.5. The summed E-state index contributed by atoms with van der Waals surface area (Å²) in [6.07, 6.45) is 0.653. The summed E-state index contributed by atoms with van der Waals surface area (Å²) in [5, 5.41) is 2.60. The van der Waals surface area contributed by atoms with Crippen LogP contribution in [0.4, 0.5) is 0 Å². The zero-order valence-electron chi connectivity index (χ0n) is 15.7. The molecule has 0 aliphatic heterocycles.